The topological polar surface area (TPSA) is 63.6 Å². The van der Waals surface area contributed by atoms with Gasteiger partial charge in [0.05, 0.1) is 5.56 Å². The standard InChI is InChI=1S/C24H22O4/c25-16-20-11-14-23(28-17-19-5-2-1-3-6-19)22(15-20)8-4-7-18-9-12-21(13-10-18)24(26)27/h1-3,5-6,9-16H,4,7-8,17H2,(H,26,27). The highest BCUT2D eigenvalue weighted by molar-refractivity contribution is 5.87. The molecule has 0 aromatic heterocycles. The van der Waals surface area contributed by atoms with Crippen LogP contribution in [0.25, 0.3) is 0 Å². The van der Waals surface area contributed by atoms with Crippen molar-refractivity contribution in [3.63, 3.8) is 0 Å². The van der Waals surface area contributed by atoms with Gasteiger partial charge in [-0.25, -0.2) is 4.79 Å². The number of rotatable bonds is 9. The molecule has 0 aliphatic heterocycles. The molecule has 28 heavy (non-hydrogen) atoms. The van der Waals surface area contributed by atoms with Crippen LogP contribution in [0.5, 0.6) is 5.75 Å². The van der Waals surface area contributed by atoms with Gasteiger partial charge < -0.3 is 9.84 Å². The van der Waals surface area contributed by atoms with Gasteiger partial charge in [-0.2, -0.15) is 0 Å². The molecule has 4 nitrogen and oxygen atoms in total. The quantitative estimate of drug-likeness (QED) is 0.538. The summed E-state index contributed by atoms with van der Waals surface area (Å²) in [6, 6.07) is 22.4. The Morgan fingerprint density at radius 2 is 1.64 bits per heavy atom. The fourth-order valence-electron chi connectivity index (χ4n) is 3.04. The van der Waals surface area contributed by atoms with E-state index in [0.717, 1.165) is 48.0 Å². The lowest BCUT2D eigenvalue weighted by molar-refractivity contribution is 0.0696. The van der Waals surface area contributed by atoms with Crippen LogP contribution in [0, 0.1) is 0 Å². The highest BCUT2D eigenvalue weighted by atomic mass is 16.5. The summed E-state index contributed by atoms with van der Waals surface area (Å²) in [6.07, 6.45) is 3.31. The second-order valence-corrected chi connectivity index (χ2v) is 6.61. The summed E-state index contributed by atoms with van der Waals surface area (Å²) in [6.45, 7) is 0.477. The van der Waals surface area contributed by atoms with Gasteiger partial charge >= 0.3 is 5.97 Å². The molecule has 0 bridgehead atoms. The third-order valence-corrected chi connectivity index (χ3v) is 4.57. The zero-order valence-corrected chi connectivity index (χ0v) is 15.5. The van der Waals surface area contributed by atoms with Crippen molar-refractivity contribution >= 4 is 12.3 Å². The van der Waals surface area contributed by atoms with Crippen LogP contribution in [-0.2, 0) is 19.4 Å². The predicted octanol–water partition coefficient (Wildman–Crippen LogP) is 4.95. The van der Waals surface area contributed by atoms with E-state index < -0.39 is 5.97 Å². The van der Waals surface area contributed by atoms with E-state index in [4.69, 9.17) is 9.84 Å². The van der Waals surface area contributed by atoms with Gasteiger partial charge in [0.2, 0.25) is 0 Å². The molecule has 0 spiro atoms. The number of ether oxygens (including phenoxy) is 1. The lowest BCUT2D eigenvalue weighted by Crippen LogP contribution is -2.01. The maximum atomic E-state index is 11.1. The SMILES string of the molecule is O=Cc1ccc(OCc2ccccc2)c(CCCc2ccc(C(=O)O)cc2)c1. The average Bonchev–Trinajstić information content (AvgIpc) is 2.74. The Balaban J connectivity index is 1.64. The Bertz CT molecular complexity index is 931. The molecule has 0 saturated heterocycles. The van der Waals surface area contributed by atoms with Gasteiger partial charge in [0, 0.05) is 5.56 Å². The molecule has 0 fully saturated rings. The molecule has 0 unspecified atom stereocenters. The average molecular weight is 374 g/mol. The molecule has 0 amide bonds. The first kappa shape index (κ1) is 19.4. The third-order valence-electron chi connectivity index (χ3n) is 4.57. The predicted molar refractivity (Wildman–Crippen MR) is 108 cm³/mol. The molecule has 0 atom stereocenters. The molecule has 1 N–H and O–H groups in total. The number of aryl methyl sites for hydroxylation is 2. The lowest BCUT2D eigenvalue weighted by Gasteiger charge is -2.12. The van der Waals surface area contributed by atoms with E-state index in [1.807, 2.05) is 54.6 Å². The number of benzene rings is 3. The summed E-state index contributed by atoms with van der Waals surface area (Å²) in [5.41, 5.74) is 4.10. The maximum absolute atomic E-state index is 11.1. The zero-order chi connectivity index (χ0) is 19.8. The minimum atomic E-state index is -0.919. The molecule has 0 aliphatic rings. The van der Waals surface area contributed by atoms with Crippen molar-refractivity contribution in [2.24, 2.45) is 0 Å². The fraction of sp³-hybridized carbons (Fsp3) is 0.167. The van der Waals surface area contributed by atoms with Gasteiger partial charge in [0.15, 0.2) is 0 Å². The van der Waals surface area contributed by atoms with Gasteiger partial charge in [-0.15, -0.1) is 0 Å². The van der Waals surface area contributed by atoms with Gasteiger partial charge in [-0.1, -0.05) is 42.5 Å². The van der Waals surface area contributed by atoms with E-state index in [9.17, 15) is 9.59 Å². The van der Waals surface area contributed by atoms with Crippen LogP contribution in [-0.4, -0.2) is 17.4 Å². The summed E-state index contributed by atoms with van der Waals surface area (Å²) in [7, 11) is 0. The van der Waals surface area contributed by atoms with Crippen molar-refractivity contribution in [3.05, 3.63) is 101 Å². The molecule has 3 rings (SSSR count). The normalized spacial score (nSPS) is 10.4. The zero-order valence-electron chi connectivity index (χ0n) is 15.5. The summed E-state index contributed by atoms with van der Waals surface area (Å²) in [4.78, 5) is 22.1. The Morgan fingerprint density at radius 3 is 2.32 bits per heavy atom. The van der Waals surface area contributed by atoms with Gasteiger partial charge in [0.25, 0.3) is 0 Å². The van der Waals surface area contributed by atoms with Crippen LogP contribution in [0.1, 0.15) is 43.8 Å². The number of hydrogen-bond acceptors (Lipinski definition) is 3. The summed E-state index contributed by atoms with van der Waals surface area (Å²) >= 11 is 0. The highest BCUT2D eigenvalue weighted by Gasteiger charge is 2.07. The minimum absolute atomic E-state index is 0.291. The first-order valence-corrected chi connectivity index (χ1v) is 9.23. The van der Waals surface area contributed by atoms with Gasteiger partial charge in [0.1, 0.15) is 18.6 Å². The van der Waals surface area contributed by atoms with Crippen molar-refractivity contribution in [2.75, 3.05) is 0 Å². The monoisotopic (exact) mass is 374 g/mol. The van der Waals surface area contributed by atoms with E-state index in [0.29, 0.717) is 17.7 Å². The van der Waals surface area contributed by atoms with Crippen LogP contribution in [0.3, 0.4) is 0 Å². The lowest BCUT2D eigenvalue weighted by atomic mass is 10.0. The van der Waals surface area contributed by atoms with Crippen LogP contribution in [0.4, 0.5) is 0 Å². The van der Waals surface area contributed by atoms with E-state index in [2.05, 4.69) is 0 Å². The number of carboxylic acids is 1. The van der Waals surface area contributed by atoms with E-state index in [1.54, 1.807) is 18.2 Å². The Kier molecular flexibility index (Phi) is 6.58. The minimum Gasteiger partial charge on any atom is -0.489 e. The molecule has 4 heteroatoms. The molecule has 0 aliphatic carbocycles. The van der Waals surface area contributed by atoms with Gasteiger partial charge in [-0.05, 0) is 66.3 Å². The fourth-order valence-corrected chi connectivity index (χ4v) is 3.04. The molecular formula is C24H22O4. The number of aldehydes is 1. The van der Waals surface area contributed by atoms with Crippen molar-refractivity contribution < 1.29 is 19.4 Å². The van der Waals surface area contributed by atoms with Gasteiger partial charge in [-0.3, -0.25) is 4.79 Å². The molecular weight excluding hydrogens is 352 g/mol. The third kappa shape index (κ3) is 5.30. The molecule has 3 aromatic carbocycles. The number of carbonyl (C=O) groups is 2. The van der Waals surface area contributed by atoms with Crippen molar-refractivity contribution in [1.29, 1.82) is 0 Å². The van der Waals surface area contributed by atoms with E-state index >= 15 is 0 Å². The maximum Gasteiger partial charge on any atom is 0.335 e. The van der Waals surface area contributed by atoms with Crippen LogP contribution >= 0.6 is 0 Å². The molecule has 0 saturated carbocycles. The largest absolute Gasteiger partial charge is 0.489 e. The summed E-state index contributed by atoms with van der Waals surface area (Å²) in [5.74, 6) is -0.131. The smallest absolute Gasteiger partial charge is 0.335 e. The number of carboxylic acid groups (broad SMARTS) is 1. The van der Waals surface area contributed by atoms with E-state index in [1.165, 1.54) is 0 Å². The second kappa shape index (κ2) is 9.51. The molecule has 142 valence electrons. The number of aromatic carboxylic acids is 1. The Labute approximate surface area is 164 Å². The molecule has 0 heterocycles. The molecule has 0 radical (unpaired) electrons. The van der Waals surface area contributed by atoms with E-state index in [-0.39, 0.29) is 0 Å². The number of carbonyl (C=O) groups excluding carboxylic acids is 1. The van der Waals surface area contributed by atoms with Crippen LogP contribution < -0.4 is 4.74 Å². The Morgan fingerprint density at radius 1 is 0.893 bits per heavy atom. The van der Waals surface area contributed by atoms with Crippen molar-refractivity contribution in [3.8, 4) is 5.75 Å². The molecule has 3 aromatic rings. The van der Waals surface area contributed by atoms with Crippen LogP contribution in [0.2, 0.25) is 0 Å². The first-order chi connectivity index (χ1) is 13.7. The number of hydrogen-bond donors (Lipinski definition) is 1. The van der Waals surface area contributed by atoms with Crippen molar-refractivity contribution in [1.82, 2.24) is 0 Å². The van der Waals surface area contributed by atoms with Crippen molar-refractivity contribution in [2.45, 2.75) is 25.9 Å². The van der Waals surface area contributed by atoms with Crippen LogP contribution in [0.15, 0.2) is 72.8 Å². The summed E-state index contributed by atoms with van der Waals surface area (Å²) < 4.78 is 5.99. The summed E-state index contributed by atoms with van der Waals surface area (Å²) in [5, 5.41) is 8.97. The second-order valence-electron chi connectivity index (χ2n) is 6.61. The highest BCUT2D eigenvalue weighted by Crippen LogP contribution is 2.23. The first-order valence-electron chi connectivity index (χ1n) is 9.23. The Hall–Kier alpha value is -3.40.